The van der Waals surface area contributed by atoms with Crippen molar-refractivity contribution in [3.8, 4) is 5.88 Å². The molecule has 2 aliphatic heterocycles. The Labute approximate surface area is 164 Å². The molecule has 0 unspecified atom stereocenters. The van der Waals surface area contributed by atoms with Crippen LogP contribution in [-0.2, 0) is 11.2 Å². The minimum atomic E-state index is -0.775. The Bertz CT molecular complexity index is 773. The molecule has 1 aromatic heterocycles. The van der Waals surface area contributed by atoms with E-state index >= 15 is 0 Å². The van der Waals surface area contributed by atoms with Crippen molar-refractivity contribution in [3.63, 3.8) is 0 Å². The van der Waals surface area contributed by atoms with Gasteiger partial charge in [-0.15, -0.1) is 0 Å². The van der Waals surface area contributed by atoms with Crippen molar-refractivity contribution in [2.24, 2.45) is 0 Å². The lowest BCUT2D eigenvalue weighted by molar-refractivity contribution is 0.0163. The van der Waals surface area contributed by atoms with Gasteiger partial charge in [-0.1, -0.05) is 12.1 Å². The van der Waals surface area contributed by atoms with Crippen molar-refractivity contribution in [1.29, 1.82) is 0 Å². The number of aliphatic hydroxyl groups is 1. The summed E-state index contributed by atoms with van der Waals surface area (Å²) in [5.74, 6) is 1.15. The van der Waals surface area contributed by atoms with Crippen molar-refractivity contribution in [1.82, 2.24) is 9.97 Å². The van der Waals surface area contributed by atoms with Crippen molar-refractivity contribution in [2.75, 3.05) is 31.2 Å². The van der Waals surface area contributed by atoms with E-state index in [2.05, 4.69) is 14.9 Å². The molecule has 2 aromatic rings. The van der Waals surface area contributed by atoms with E-state index in [-0.39, 0.29) is 11.9 Å². The molecule has 28 heavy (non-hydrogen) atoms. The molecule has 4 rings (SSSR count). The number of rotatable bonds is 5. The van der Waals surface area contributed by atoms with Crippen LogP contribution in [0.5, 0.6) is 5.88 Å². The third kappa shape index (κ3) is 4.77. The van der Waals surface area contributed by atoms with Gasteiger partial charge in [0.05, 0.1) is 18.8 Å². The molecule has 2 aliphatic rings. The molecule has 7 heteroatoms. The van der Waals surface area contributed by atoms with E-state index in [0.29, 0.717) is 38.2 Å². The minimum absolute atomic E-state index is 0.138. The average Bonchev–Trinajstić information content (AvgIpc) is 2.71. The highest BCUT2D eigenvalue weighted by Gasteiger charge is 2.33. The van der Waals surface area contributed by atoms with Gasteiger partial charge in [-0.3, -0.25) is 0 Å². The zero-order valence-corrected chi connectivity index (χ0v) is 15.9. The molecular formula is C21H26FN3O3. The highest BCUT2D eigenvalue weighted by Crippen LogP contribution is 2.29. The number of halogens is 1. The van der Waals surface area contributed by atoms with Crippen LogP contribution in [-0.4, -0.2) is 53.1 Å². The van der Waals surface area contributed by atoms with Crippen LogP contribution in [0.25, 0.3) is 0 Å². The minimum Gasteiger partial charge on any atom is -0.474 e. The fourth-order valence-electron chi connectivity index (χ4n) is 3.84. The summed E-state index contributed by atoms with van der Waals surface area (Å²) in [7, 11) is 0. The lowest BCUT2D eigenvalue weighted by Crippen LogP contribution is -2.46. The van der Waals surface area contributed by atoms with E-state index < -0.39 is 5.60 Å². The molecule has 2 saturated heterocycles. The topological polar surface area (TPSA) is 67.7 Å². The SMILES string of the molecule is OC1(Cc2ccc(F)cc2)CCN(c2cc(OC3CCOCC3)ncn2)CC1. The fraction of sp³-hybridized carbons (Fsp3) is 0.524. The Hall–Kier alpha value is -2.25. The Morgan fingerprint density at radius 2 is 1.86 bits per heavy atom. The molecule has 0 spiro atoms. The zero-order valence-electron chi connectivity index (χ0n) is 15.9. The number of hydrogen-bond acceptors (Lipinski definition) is 6. The van der Waals surface area contributed by atoms with Gasteiger partial charge in [0, 0.05) is 38.4 Å². The first-order valence-electron chi connectivity index (χ1n) is 9.88. The number of benzene rings is 1. The van der Waals surface area contributed by atoms with Crippen LogP contribution in [0, 0.1) is 5.82 Å². The second kappa shape index (κ2) is 8.41. The number of aromatic nitrogens is 2. The normalized spacial score (nSPS) is 20.1. The second-order valence-corrected chi connectivity index (χ2v) is 7.66. The summed E-state index contributed by atoms with van der Waals surface area (Å²) < 4.78 is 24.4. The molecule has 1 aromatic carbocycles. The molecule has 2 fully saturated rings. The quantitative estimate of drug-likeness (QED) is 0.851. The number of hydrogen-bond donors (Lipinski definition) is 1. The van der Waals surface area contributed by atoms with Gasteiger partial charge in [0.15, 0.2) is 0 Å². The molecule has 150 valence electrons. The van der Waals surface area contributed by atoms with E-state index in [9.17, 15) is 9.50 Å². The van der Waals surface area contributed by atoms with Crippen molar-refractivity contribution < 1.29 is 19.0 Å². The van der Waals surface area contributed by atoms with Crippen LogP contribution >= 0.6 is 0 Å². The monoisotopic (exact) mass is 387 g/mol. The Balaban J connectivity index is 1.35. The van der Waals surface area contributed by atoms with Gasteiger partial charge >= 0.3 is 0 Å². The first kappa shape index (κ1) is 19.1. The number of ether oxygens (including phenoxy) is 2. The summed E-state index contributed by atoms with van der Waals surface area (Å²) in [6.07, 6.45) is 5.21. The molecule has 0 aliphatic carbocycles. The van der Waals surface area contributed by atoms with E-state index in [4.69, 9.17) is 9.47 Å². The maximum absolute atomic E-state index is 13.1. The van der Waals surface area contributed by atoms with Gasteiger partial charge in [-0.25, -0.2) is 14.4 Å². The number of piperidine rings is 1. The summed E-state index contributed by atoms with van der Waals surface area (Å²) in [4.78, 5) is 10.8. The van der Waals surface area contributed by atoms with Crippen LogP contribution in [0.15, 0.2) is 36.7 Å². The van der Waals surface area contributed by atoms with Crippen LogP contribution in [0.2, 0.25) is 0 Å². The Morgan fingerprint density at radius 3 is 2.57 bits per heavy atom. The van der Waals surface area contributed by atoms with Gasteiger partial charge in [0.1, 0.15) is 24.1 Å². The van der Waals surface area contributed by atoms with Gasteiger partial charge in [-0.05, 0) is 30.5 Å². The van der Waals surface area contributed by atoms with Gasteiger partial charge in [0.25, 0.3) is 0 Å². The average molecular weight is 387 g/mol. The third-order valence-corrected chi connectivity index (χ3v) is 5.55. The van der Waals surface area contributed by atoms with Gasteiger partial charge < -0.3 is 19.5 Å². The van der Waals surface area contributed by atoms with Crippen LogP contribution in [0.4, 0.5) is 10.2 Å². The molecule has 1 N–H and O–H groups in total. The second-order valence-electron chi connectivity index (χ2n) is 7.66. The molecule has 0 bridgehead atoms. The van der Waals surface area contributed by atoms with Crippen molar-refractivity contribution in [3.05, 3.63) is 48.0 Å². The van der Waals surface area contributed by atoms with Crippen LogP contribution in [0.1, 0.15) is 31.2 Å². The lowest BCUT2D eigenvalue weighted by atomic mass is 9.85. The maximum atomic E-state index is 13.1. The Kier molecular flexibility index (Phi) is 5.73. The highest BCUT2D eigenvalue weighted by molar-refractivity contribution is 5.41. The number of anilines is 1. The number of nitrogens with zero attached hydrogens (tertiary/aromatic N) is 3. The van der Waals surface area contributed by atoms with E-state index in [1.165, 1.54) is 18.5 Å². The summed E-state index contributed by atoms with van der Waals surface area (Å²) in [5, 5.41) is 10.9. The molecule has 0 amide bonds. The van der Waals surface area contributed by atoms with Crippen LogP contribution < -0.4 is 9.64 Å². The summed E-state index contributed by atoms with van der Waals surface area (Å²) in [6, 6.07) is 8.23. The Morgan fingerprint density at radius 1 is 1.14 bits per heavy atom. The lowest BCUT2D eigenvalue weighted by Gasteiger charge is -2.39. The predicted molar refractivity (Wildman–Crippen MR) is 103 cm³/mol. The standard InChI is InChI=1S/C21H26FN3O3/c22-17-3-1-16(2-4-17)14-21(26)7-9-25(10-8-21)19-13-20(24-15-23-19)28-18-5-11-27-12-6-18/h1-4,13,15,18,26H,5-12,14H2. The zero-order chi connectivity index (χ0) is 19.4. The predicted octanol–water partition coefficient (Wildman–Crippen LogP) is 2.75. The first-order valence-corrected chi connectivity index (χ1v) is 9.88. The maximum Gasteiger partial charge on any atom is 0.218 e. The smallest absolute Gasteiger partial charge is 0.218 e. The largest absolute Gasteiger partial charge is 0.474 e. The molecule has 0 radical (unpaired) electrons. The fourth-order valence-corrected chi connectivity index (χ4v) is 3.84. The van der Waals surface area contributed by atoms with Gasteiger partial charge in [0.2, 0.25) is 5.88 Å². The van der Waals surface area contributed by atoms with Crippen molar-refractivity contribution >= 4 is 5.82 Å². The molecular weight excluding hydrogens is 361 g/mol. The summed E-state index contributed by atoms with van der Waals surface area (Å²) in [5.41, 5.74) is 0.175. The van der Waals surface area contributed by atoms with E-state index in [1.54, 1.807) is 12.1 Å². The van der Waals surface area contributed by atoms with Gasteiger partial charge in [-0.2, -0.15) is 0 Å². The molecule has 6 nitrogen and oxygen atoms in total. The molecule has 0 atom stereocenters. The first-order chi connectivity index (χ1) is 13.6. The van der Waals surface area contributed by atoms with E-state index in [0.717, 1.165) is 37.4 Å². The third-order valence-electron chi connectivity index (χ3n) is 5.55. The van der Waals surface area contributed by atoms with Crippen LogP contribution in [0.3, 0.4) is 0 Å². The van der Waals surface area contributed by atoms with E-state index in [1.807, 2.05) is 6.07 Å². The highest BCUT2D eigenvalue weighted by atomic mass is 19.1. The summed E-state index contributed by atoms with van der Waals surface area (Å²) >= 11 is 0. The summed E-state index contributed by atoms with van der Waals surface area (Å²) in [6.45, 7) is 2.85. The van der Waals surface area contributed by atoms with Crippen molar-refractivity contribution in [2.45, 2.75) is 43.8 Å². The molecule has 0 saturated carbocycles. The molecule has 3 heterocycles.